The molecule has 0 saturated carbocycles. The van der Waals surface area contributed by atoms with Gasteiger partial charge in [0.2, 0.25) is 0 Å². The van der Waals surface area contributed by atoms with E-state index in [1.807, 2.05) is 37.8 Å². The minimum absolute atomic E-state index is 0.0784. The lowest BCUT2D eigenvalue weighted by Gasteiger charge is -2.34. The van der Waals surface area contributed by atoms with Crippen molar-refractivity contribution in [2.75, 3.05) is 6.54 Å². The highest BCUT2D eigenvalue weighted by molar-refractivity contribution is 5.97. The smallest absolute Gasteiger partial charge is 0.254 e. The Labute approximate surface area is 148 Å². The predicted molar refractivity (Wildman–Crippen MR) is 98.2 cm³/mol. The van der Waals surface area contributed by atoms with Gasteiger partial charge in [0.25, 0.3) is 5.91 Å². The van der Waals surface area contributed by atoms with Gasteiger partial charge in [0.15, 0.2) is 11.6 Å². The Morgan fingerprint density at radius 1 is 1.32 bits per heavy atom. The number of hydrogen-bond donors (Lipinski definition) is 0. The third-order valence-corrected chi connectivity index (χ3v) is 4.68. The molecule has 3 rings (SSSR count). The van der Waals surface area contributed by atoms with E-state index in [4.69, 9.17) is 0 Å². The van der Waals surface area contributed by atoms with Crippen molar-refractivity contribution in [3.05, 3.63) is 47.2 Å². The number of carbonyl (C=O) groups is 1. The summed E-state index contributed by atoms with van der Waals surface area (Å²) in [6, 6.07) is -0.114. The highest BCUT2D eigenvalue weighted by atomic mass is 16.2. The zero-order chi connectivity index (χ0) is 18.1. The lowest BCUT2D eigenvalue weighted by Crippen LogP contribution is -2.42. The van der Waals surface area contributed by atoms with Crippen LogP contribution >= 0.6 is 0 Å². The third kappa shape index (κ3) is 3.34. The van der Waals surface area contributed by atoms with Gasteiger partial charge in [-0.3, -0.25) is 9.79 Å². The van der Waals surface area contributed by atoms with E-state index in [0.29, 0.717) is 13.1 Å². The molecule has 1 aliphatic heterocycles. The van der Waals surface area contributed by atoms with Crippen molar-refractivity contribution in [3.8, 4) is 0 Å². The molecule has 2 heterocycles. The van der Waals surface area contributed by atoms with Crippen molar-refractivity contribution in [3.63, 3.8) is 0 Å². The van der Waals surface area contributed by atoms with Gasteiger partial charge in [0.05, 0.1) is 11.8 Å². The van der Waals surface area contributed by atoms with Crippen LogP contribution in [0, 0.1) is 0 Å². The lowest BCUT2D eigenvalue weighted by molar-refractivity contribution is -0.130. The third-order valence-electron chi connectivity index (χ3n) is 4.68. The molecular weight excluding hydrogens is 314 g/mol. The number of fused-ring (bicyclic) bond motifs is 1. The molecule has 0 aromatic carbocycles. The van der Waals surface area contributed by atoms with Crippen LogP contribution in [0.3, 0.4) is 0 Å². The fourth-order valence-corrected chi connectivity index (χ4v) is 3.43. The second kappa shape index (κ2) is 6.78. The zero-order valence-electron chi connectivity index (χ0n) is 15.4. The van der Waals surface area contributed by atoms with Gasteiger partial charge in [-0.15, -0.1) is 10.2 Å². The topological polar surface area (TPSA) is 63.4 Å². The van der Waals surface area contributed by atoms with Crippen LogP contribution in [0.5, 0.6) is 0 Å². The highest BCUT2D eigenvalue weighted by Gasteiger charge is 2.32. The summed E-state index contributed by atoms with van der Waals surface area (Å²) >= 11 is 0. The number of aromatic nitrogens is 3. The van der Waals surface area contributed by atoms with Crippen molar-refractivity contribution >= 4 is 11.6 Å². The first-order valence-corrected chi connectivity index (χ1v) is 8.71. The van der Waals surface area contributed by atoms with Gasteiger partial charge in [-0.05, 0) is 40.5 Å². The maximum Gasteiger partial charge on any atom is 0.254 e. The summed E-state index contributed by atoms with van der Waals surface area (Å²) in [5.74, 6) is 1.64. The van der Waals surface area contributed by atoms with Gasteiger partial charge in [-0.1, -0.05) is 24.3 Å². The van der Waals surface area contributed by atoms with Crippen LogP contribution in [0.2, 0.25) is 0 Å². The summed E-state index contributed by atoms with van der Waals surface area (Å²) in [6.07, 6.45) is 6.01. The molecule has 0 bridgehead atoms. The zero-order valence-corrected chi connectivity index (χ0v) is 15.4. The Morgan fingerprint density at radius 3 is 2.76 bits per heavy atom. The molecule has 1 aliphatic carbocycles. The molecule has 1 amide bonds. The van der Waals surface area contributed by atoms with E-state index in [2.05, 4.69) is 33.3 Å². The molecule has 0 unspecified atom stereocenters. The number of rotatable bonds is 3. The van der Waals surface area contributed by atoms with Gasteiger partial charge in [-0.2, -0.15) is 0 Å². The van der Waals surface area contributed by atoms with Crippen LogP contribution in [0.25, 0.3) is 0 Å². The van der Waals surface area contributed by atoms with Crippen LogP contribution < -0.4 is 0 Å². The van der Waals surface area contributed by atoms with E-state index in [9.17, 15) is 4.79 Å². The molecule has 6 nitrogen and oxygen atoms in total. The molecule has 1 aromatic rings. The normalized spacial score (nSPS) is 20.7. The van der Waals surface area contributed by atoms with Crippen molar-refractivity contribution < 1.29 is 4.79 Å². The average Bonchev–Trinajstić information content (AvgIpc) is 2.99. The summed E-state index contributed by atoms with van der Waals surface area (Å²) in [5, 5.41) is 8.63. The Kier molecular flexibility index (Phi) is 4.70. The first-order chi connectivity index (χ1) is 11.9. The average molecular weight is 339 g/mol. The van der Waals surface area contributed by atoms with Gasteiger partial charge >= 0.3 is 0 Å². The molecule has 1 aromatic heterocycles. The largest absolute Gasteiger partial charge is 0.327 e. The van der Waals surface area contributed by atoms with Crippen molar-refractivity contribution in [2.24, 2.45) is 4.99 Å². The molecule has 1 atom stereocenters. The van der Waals surface area contributed by atoms with Crippen molar-refractivity contribution in [2.45, 2.75) is 53.1 Å². The van der Waals surface area contributed by atoms with Gasteiger partial charge < -0.3 is 9.47 Å². The molecule has 0 fully saturated rings. The van der Waals surface area contributed by atoms with Crippen LogP contribution in [-0.4, -0.2) is 37.8 Å². The van der Waals surface area contributed by atoms with Crippen molar-refractivity contribution in [1.29, 1.82) is 0 Å². The van der Waals surface area contributed by atoms with Crippen molar-refractivity contribution in [1.82, 2.24) is 19.7 Å². The van der Waals surface area contributed by atoms with Crippen LogP contribution in [0.15, 0.2) is 40.6 Å². The Morgan fingerprint density at radius 2 is 2.08 bits per heavy atom. The van der Waals surface area contributed by atoms with Gasteiger partial charge in [-0.25, -0.2) is 0 Å². The Bertz CT molecular complexity index is 812. The quantitative estimate of drug-likeness (QED) is 0.795. The Balaban J connectivity index is 1.86. The van der Waals surface area contributed by atoms with Crippen LogP contribution in [0.1, 0.15) is 58.2 Å². The maximum absolute atomic E-state index is 12.9. The summed E-state index contributed by atoms with van der Waals surface area (Å²) < 4.78 is 2.06. The summed E-state index contributed by atoms with van der Waals surface area (Å²) in [5.41, 5.74) is 3.59. The predicted octanol–water partition coefficient (Wildman–Crippen LogP) is 3.19. The molecule has 0 spiro atoms. The number of amides is 1. The van der Waals surface area contributed by atoms with Gasteiger partial charge in [0.1, 0.15) is 0 Å². The molecule has 25 heavy (non-hydrogen) atoms. The summed E-state index contributed by atoms with van der Waals surface area (Å²) in [6.45, 7) is 13.0. The summed E-state index contributed by atoms with van der Waals surface area (Å²) in [4.78, 5) is 19.2. The molecule has 0 saturated heterocycles. The monoisotopic (exact) mass is 339 g/mol. The van der Waals surface area contributed by atoms with Crippen LogP contribution in [0.4, 0.5) is 0 Å². The number of nitrogens with zero attached hydrogens (tertiary/aromatic N) is 5. The summed E-state index contributed by atoms with van der Waals surface area (Å²) in [7, 11) is 0. The number of hydrogen-bond acceptors (Lipinski definition) is 4. The van der Waals surface area contributed by atoms with E-state index in [1.54, 1.807) is 0 Å². The molecule has 0 radical (unpaired) electrons. The molecule has 132 valence electrons. The lowest BCUT2D eigenvalue weighted by atomic mass is 9.99. The first-order valence-electron chi connectivity index (χ1n) is 8.71. The number of aliphatic imine (C=N–C) groups is 1. The fourth-order valence-electron chi connectivity index (χ4n) is 3.43. The second-order valence-corrected chi connectivity index (χ2v) is 6.83. The van der Waals surface area contributed by atoms with E-state index in [1.165, 1.54) is 5.57 Å². The van der Waals surface area contributed by atoms with E-state index in [0.717, 1.165) is 41.5 Å². The second-order valence-electron chi connectivity index (χ2n) is 6.83. The minimum Gasteiger partial charge on any atom is -0.327 e. The maximum atomic E-state index is 12.9. The number of allylic oxidation sites excluding steroid dienone is 3. The standard InChI is InChI=1S/C19H25N5O/c1-12(2)20-14(4)17-21-22-18-15(5)23(9-10-24(17)18)19(25)16-8-6-7-13(3)11-16/h8,11,15H,1,6-7,9-10H2,2-5H3/b20-14+/t15-/m1/s1. The van der Waals surface area contributed by atoms with Gasteiger partial charge in [0, 0.05) is 24.4 Å². The van der Waals surface area contributed by atoms with Crippen LogP contribution in [-0.2, 0) is 11.3 Å². The first kappa shape index (κ1) is 17.3. The Hall–Kier alpha value is -2.50. The molecule has 2 aliphatic rings. The molecule has 6 heteroatoms. The van der Waals surface area contributed by atoms with E-state index in [-0.39, 0.29) is 11.9 Å². The number of carbonyl (C=O) groups excluding carboxylic acids is 1. The fraction of sp³-hybridized carbons (Fsp3) is 0.474. The minimum atomic E-state index is -0.114. The highest BCUT2D eigenvalue weighted by Crippen LogP contribution is 2.28. The molecular formula is C19H25N5O. The van der Waals surface area contributed by atoms with E-state index >= 15 is 0 Å². The SMILES string of the molecule is C=C(C)/N=C(\C)c1nnc2n1CCN(C(=O)C1=CCCC(C)=C1)[C@@H]2C. The molecule has 0 N–H and O–H groups in total. The van der Waals surface area contributed by atoms with E-state index < -0.39 is 0 Å².